The number of amides is 2. The predicted molar refractivity (Wildman–Crippen MR) is 119 cm³/mol. The van der Waals surface area contributed by atoms with Crippen LogP contribution in [-0.4, -0.2) is 18.9 Å². The van der Waals surface area contributed by atoms with Gasteiger partial charge in [-0.2, -0.15) is 0 Å². The van der Waals surface area contributed by atoms with Crippen molar-refractivity contribution in [3.63, 3.8) is 0 Å². The first-order valence-electron chi connectivity index (χ1n) is 9.56. The lowest BCUT2D eigenvalue weighted by molar-refractivity contribution is -0.113. The molecule has 0 aromatic heterocycles. The van der Waals surface area contributed by atoms with Crippen molar-refractivity contribution in [2.75, 3.05) is 12.4 Å². The maximum Gasteiger partial charge on any atom is 0.272 e. The summed E-state index contributed by atoms with van der Waals surface area (Å²) < 4.78 is 5.17. The van der Waals surface area contributed by atoms with Crippen molar-refractivity contribution in [2.45, 2.75) is 13.8 Å². The highest BCUT2D eigenvalue weighted by atomic mass is 16.5. The number of aryl methyl sites for hydroxylation is 2. The number of carbonyl (C=O) groups excluding carboxylic acids is 2. The Kier molecular flexibility index (Phi) is 6.65. The third-order valence-electron chi connectivity index (χ3n) is 4.51. The van der Waals surface area contributed by atoms with Gasteiger partial charge in [0.25, 0.3) is 11.8 Å². The van der Waals surface area contributed by atoms with Crippen LogP contribution < -0.4 is 15.4 Å². The number of nitrogens with one attached hydrogen (secondary N) is 2. The molecule has 0 spiro atoms. The van der Waals surface area contributed by atoms with E-state index in [0.29, 0.717) is 17.0 Å². The van der Waals surface area contributed by atoms with Gasteiger partial charge in [0.2, 0.25) is 0 Å². The van der Waals surface area contributed by atoms with E-state index in [1.165, 1.54) is 0 Å². The second kappa shape index (κ2) is 9.56. The van der Waals surface area contributed by atoms with Crippen molar-refractivity contribution in [1.29, 1.82) is 0 Å². The Morgan fingerprint density at radius 3 is 2.20 bits per heavy atom. The number of hydrogen-bond donors (Lipinski definition) is 2. The molecule has 0 saturated carbocycles. The second-order valence-corrected chi connectivity index (χ2v) is 6.97. The summed E-state index contributed by atoms with van der Waals surface area (Å²) in [5.41, 5.74) is 4.10. The van der Waals surface area contributed by atoms with E-state index in [1.54, 1.807) is 37.5 Å². The molecule has 5 heteroatoms. The van der Waals surface area contributed by atoms with Gasteiger partial charge in [-0.15, -0.1) is 0 Å². The summed E-state index contributed by atoms with van der Waals surface area (Å²) in [4.78, 5) is 25.7. The normalized spacial score (nSPS) is 11.0. The van der Waals surface area contributed by atoms with Gasteiger partial charge < -0.3 is 15.4 Å². The molecule has 2 amide bonds. The lowest BCUT2D eigenvalue weighted by Crippen LogP contribution is -2.30. The lowest BCUT2D eigenvalue weighted by atomic mass is 10.1. The van der Waals surface area contributed by atoms with Gasteiger partial charge in [0.05, 0.1) is 7.11 Å². The molecule has 0 atom stereocenters. The summed E-state index contributed by atoms with van der Waals surface area (Å²) >= 11 is 0. The highest BCUT2D eigenvalue weighted by Crippen LogP contribution is 2.16. The summed E-state index contributed by atoms with van der Waals surface area (Å²) in [5, 5.41) is 5.58. The average molecular weight is 400 g/mol. The molecule has 3 rings (SSSR count). The number of ether oxygens (including phenoxy) is 1. The number of hydrogen-bond acceptors (Lipinski definition) is 3. The molecule has 0 fully saturated rings. The summed E-state index contributed by atoms with van der Waals surface area (Å²) in [7, 11) is 1.59. The third kappa shape index (κ3) is 5.58. The number of methoxy groups -OCH3 is 1. The monoisotopic (exact) mass is 400 g/mol. The molecule has 0 aliphatic rings. The van der Waals surface area contributed by atoms with Gasteiger partial charge in [-0.05, 0) is 61.9 Å². The van der Waals surface area contributed by atoms with Crippen LogP contribution in [0.5, 0.6) is 5.75 Å². The van der Waals surface area contributed by atoms with E-state index < -0.39 is 5.91 Å². The minimum atomic E-state index is -0.407. The third-order valence-corrected chi connectivity index (χ3v) is 4.51. The van der Waals surface area contributed by atoms with Crippen molar-refractivity contribution in [1.82, 2.24) is 5.32 Å². The zero-order chi connectivity index (χ0) is 21.5. The Bertz CT molecular complexity index is 1070. The molecule has 0 aliphatic heterocycles. The molecule has 0 radical (unpaired) electrons. The predicted octanol–water partition coefficient (Wildman–Crippen LogP) is 4.72. The molecular weight excluding hydrogens is 376 g/mol. The minimum absolute atomic E-state index is 0.146. The Hall–Kier alpha value is -3.86. The standard InChI is InChI=1S/C25H24N2O3/c1-17-7-11-21(12-8-17)26-25(29)23(16-19-9-13-22(30-3)14-10-19)27-24(28)20-6-4-5-18(2)15-20/h4-16H,1-3H3,(H,26,29)(H,27,28)/b23-16+. The van der Waals surface area contributed by atoms with E-state index in [9.17, 15) is 9.59 Å². The second-order valence-electron chi connectivity index (χ2n) is 6.97. The van der Waals surface area contributed by atoms with Crippen molar-refractivity contribution < 1.29 is 14.3 Å². The summed E-state index contributed by atoms with van der Waals surface area (Å²) in [6.45, 7) is 3.89. The molecule has 30 heavy (non-hydrogen) atoms. The fraction of sp³-hybridized carbons (Fsp3) is 0.120. The van der Waals surface area contributed by atoms with Gasteiger partial charge in [-0.3, -0.25) is 9.59 Å². The number of carbonyl (C=O) groups is 2. The van der Waals surface area contributed by atoms with Crippen LogP contribution in [0.1, 0.15) is 27.0 Å². The molecule has 0 saturated heterocycles. The van der Waals surface area contributed by atoms with Crippen LogP contribution in [0.15, 0.2) is 78.5 Å². The number of benzene rings is 3. The Balaban J connectivity index is 1.88. The van der Waals surface area contributed by atoms with Crippen LogP contribution in [0.25, 0.3) is 6.08 Å². The Morgan fingerprint density at radius 2 is 1.57 bits per heavy atom. The Morgan fingerprint density at radius 1 is 0.867 bits per heavy atom. The highest BCUT2D eigenvalue weighted by Gasteiger charge is 2.15. The summed E-state index contributed by atoms with van der Waals surface area (Å²) in [6.07, 6.45) is 1.64. The summed E-state index contributed by atoms with van der Waals surface area (Å²) in [5.74, 6) is -0.0465. The molecule has 0 heterocycles. The van der Waals surface area contributed by atoms with E-state index in [4.69, 9.17) is 4.74 Å². The van der Waals surface area contributed by atoms with Gasteiger partial charge >= 0.3 is 0 Å². The number of anilines is 1. The SMILES string of the molecule is COc1ccc(/C=C(/NC(=O)c2cccc(C)c2)C(=O)Nc2ccc(C)cc2)cc1. The molecule has 5 nitrogen and oxygen atoms in total. The molecule has 0 aliphatic carbocycles. The molecule has 0 bridgehead atoms. The van der Waals surface area contributed by atoms with Gasteiger partial charge in [-0.25, -0.2) is 0 Å². The van der Waals surface area contributed by atoms with E-state index in [-0.39, 0.29) is 11.6 Å². The molecule has 152 valence electrons. The molecule has 2 N–H and O–H groups in total. The maximum atomic E-state index is 12.9. The van der Waals surface area contributed by atoms with Gasteiger partial charge in [0, 0.05) is 11.3 Å². The smallest absolute Gasteiger partial charge is 0.272 e. The first-order valence-corrected chi connectivity index (χ1v) is 9.56. The quantitative estimate of drug-likeness (QED) is 0.588. The van der Waals surface area contributed by atoms with Crippen molar-refractivity contribution >= 4 is 23.6 Å². The van der Waals surface area contributed by atoms with Gasteiger partial charge in [0.1, 0.15) is 11.4 Å². The number of rotatable bonds is 6. The molecule has 0 unspecified atom stereocenters. The van der Waals surface area contributed by atoms with Crippen LogP contribution >= 0.6 is 0 Å². The van der Waals surface area contributed by atoms with Crippen molar-refractivity contribution in [3.8, 4) is 5.75 Å². The topological polar surface area (TPSA) is 67.4 Å². The van der Waals surface area contributed by atoms with Crippen LogP contribution in [0.2, 0.25) is 0 Å². The van der Waals surface area contributed by atoms with Crippen LogP contribution in [0.3, 0.4) is 0 Å². The zero-order valence-electron chi connectivity index (χ0n) is 17.2. The van der Waals surface area contributed by atoms with Gasteiger partial charge in [0.15, 0.2) is 0 Å². The van der Waals surface area contributed by atoms with E-state index in [1.807, 2.05) is 62.4 Å². The van der Waals surface area contributed by atoms with E-state index >= 15 is 0 Å². The fourth-order valence-corrected chi connectivity index (χ4v) is 2.84. The van der Waals surface area contributed by atoms with Crippen LogP contribution in [0, 0.1) is 13.8 Å². The molecule has 3 aromatic rings. The molecular formula is C25H24N2O3. The maximum absolute atomic E-state index is 12.9. The van der Waals surface area contributed by atoms with Crippen molar-refractivity contribution in [2.24, 2.45) is 0 Å². The summed E-state index contributed by atoms with van der Waals surface area (Å²) in [6, 6.07) is 21.9. The van der Waals surface area contributed by atoms with Crippen LogP contribution in [-0.2, 0) is 4.79 Å². The van der Waals surface area contributed by atoms with Crippen molar-refractivity contribution in [3.05, 3.63) is 101 Å². The lowest BCUT2D eigenvalue weighted by Gasteiger charge is -2.12. The average Bonchev–Trinajstić information content (AvgIpc) is 2.75. The van der Waals surface area contributed by atoms with Gasteiger partial charge in [-0.1, -0.05) is 47.5 Å². The fourth-order valence-electron chi connectivity index (χ4n) is 2.84. The van der Waals surface area contributed by atoms with Crippen LogP contribution in [0.4, 0.5) is 5.69 Å². The van der Waals surface area contributed by atoms with E-state index in [0.717, 1.165) is 16.7 Å². The first kappa shape index (κ1) is 20.9. The molecule has 3 aromatic carbocycles. The highest BCUT2D eigenvalue weighted by molar-refractivity contribution is 6.10. The largest absolute Gasteiger partial charge is 0.497 e. The Labute approximate surface area is 176 Å². The minimum Gasteiger partial charge on any atom is -0.497 e. The zero-order valence-corrected chi connectivity index (χ0v) is 17.2. The first-order chi connectivity index (χ1) is 14.4. The van der Waals surface area contributed by atoms with E-state index in [2.05, 4.69) is 10.6 Å².